The van der Waals surface area contributed by atoms with Gasteiger partial charge in [0.15, 0.2) is 0 Å². The Kier molecular flexibility index (Phi) is 5.29. The highest BCUT2D eigenvalue weighted by atomic mass is 35.5. The standard InChI is InChI=1S/C18H21ClFNO4/c1-10-9-21(6-4-12(10)18(23)24)17(22)13-5-7-25-16(13)11-2-3-14(19)15(20)8-11/h2-3,8,10,12-13,16H,4-7,9H2,1H3,(H,23,24)/t10?,12?,13-,16+/m1/s1. The van der Waals surface area contributed by atoms with Crippen molar-refractivity contribution in [3.05, 3.63) is 34.6 Å². The number of hydrogen-bond donors (Lipinski definition) is 1. The molecule has 1 amide bonds. The van der Waals surface area contributed by atoms with E-state index in [0.717, 1.165) is 0 Å². The molecule has 4 atom stereocenters. The van der Waals surface area contributed by atoms with Crippen molar-refractivity contribution in [2.45, 2.75) is 25.9 Å². The van der Waals surface area contributed by atoms with Crippen molar-refractivity contribution in [3.63, 3.8) is 0 Å². The first-order valence-electron chi connectivity index (χ1n) is 8.46. The third-order valence-corrected chi connectivity index (χ3v) is 5.52. The minimum absolute atomic E-state index is 0.0363. The molecule has 2 unspecified atom stereocenters. The predicted octanol–water partition coefficient (Wildman–Crippen LogP) is 3.13. The fraction of sp³-hybridized carbons (Fsp3) is 0.556. The van der Waals surface area contributed by atoms with Crippen LogP contribution in [0.1, 0.15) is 31.4 Å². The maximum atomic E-state index is 13.7. The number of nitrogens with zero attached hydrogens (tertiary/aromatic N) is 1. The number of carbonyl (C=O) groups is 2. The molecule has 2 aliphatic heterocycles. The summed E-state index contributed by atoms with van der Waals surface area (Å²) in [5.41, 5.74) is 0.603. The quantitative estimate of drug-likeness (QED) is 0.888. The molecule has 5 nitrogen and oxygen atoms in total. The van der Waals surface area contributed by atoms with Crippen LogP contribution in [0.4, 0.5) is 4.39 Å². The van der Waals surface area contributed by atoms with Crippen LogP contribution in [-0.2, 0) is 14.3 Å². The maximum absolute atomic E-state index is 13.7. The van der Waals surface area contributed by atoms with E-state index in [1.165, 1.54) is 12.1 Å². The molecule has 0 spiro atoms. The highest BCUT2D eigenvalue weighted by Gasteiger charge is 2.40. The van der Waals surface area contributed by atoms with Gasteiger partial charge in [0.05, 0.1) is 23.0 Å². The van der Waals surface area contributed by atoms with Crippen molar-refractivity contribution in [2.75, 3.05) is 19.7 Å². The second-order valence-electron chi connectivity index (χ2n) is 6.86. The van der Waals surface area contributed by atoms with Gasteiger partial charge in [-0.15, -0.1) is 0 Å². The second-order valence-corrected chi connectivity index (χ2v) is 7.26. The minimum atomic E-state index is -0.807. The third-order valence-electron chi connectivity index (χ3n) is 5.22. The highest BCUT2D eigenvalue weighted by molar-refractivity contribution is 6.30. The van der Waals surface area contributed by atoms with E-state index in [2.05, 4.69) is 0 Å². The van der Waals surface area contributed by atoms with E-state index in [1.807, 2.05) is 6.92 Å². The number of aliphatic carboxylic acids is 1. The monoisotopic (exact) mass is 369 g/mol. The molecule has 0 aromatic heterocycles. The number of rotatable bonds is 3. The van der Waals surface area contributed by atoms with Crippen LogP contribution in [0.3, 0.4) is 0 Å². The zero-order chi connectivity index (χ0) is 18.1. The zero-order valence-electron chi connectivity index (χ0n) is 14.0. The van der Waals surface area contributed by atoms with Gasteiger partial charge in [-0.1, -0.05) is 24.6 Å². The smallest absolute Gasteiger partial charge is 0.306 e. The third kappa shape index (κ3) is 3.65. The van der Waals surface area contributed by atoms with Crippen LogP contribution >= 0.6 is 11.6 Å². The Bertz CT molecular complexity index is 683. The number of ether oxygens (including phenoxy) is 1. The van der Waals surface area contributed by atoms with Crippen molar-refractivity contribution in [2.24, 2.45) is 17.8 Å². The number of carbonyl (C=O) groups excluding carboxylic acids is 1. The Balaban J connectivity index is 1.73. The van der Waals surface area contributed by atoms with Gasteiger partial charge in [-0.25, -0.2) is 4.39 Å². The normalized spacial score (nSPS) is 29.6. The summed E-state index contributed by atoms with van der Waals surface area (Å²) in [6, 6.07) is 4.47. The summed E-state index contributed by atoms with van der Waals surface area (Å²) in [6.45, 7) is 3.15. The Hall–Kier alpha value is -1.66. The summed E-state index contributed by atoms with van der Waals surface area (Å²) >= 11 is 5.72. The van der Waals surface area contributed by atoms with Crippen LogP contribution in [0.15, 0.2) is 18.2 Å². The van der Waals surface area contributed by atoms with E-state index in [-0.39, 0.29) is 22.8 Å². The van der Waals surface area contributed by atoms with Gasteiger partial charge < -0.3 is 14.7 Å². The summed E-state index contributed by atoms with van der Waals surface area (Å²) in [5.74, 6) is -2.27. The zero-order valence-corrected chi connectivity index (χ0v) is 14.7. The number of likely N-dealkylation sites (tertiary alicyclic amines) is 1. The molecule has 1 aromatic carbocycles. The lowest BCUT2D eigenvalue weighted by Gasteiger charge is -2.37. The van der Waals surface area contributed by atoms with E-state index >= 15 is 0 Å². The van der Waals surface area contributed by atoms with Gasteiger partial charge in [0.1, 0.15) is 5.82 Å². The average Bonchev–Trinajstić information content (AvgIpc) is 3.05. The maximum Gasteiger partial charge on any atom is 0.306 e. The number of carboxylic acids is 1. The average molecular weight is 370 g/mol. The van der Waals surface area contributed by atoms with Gasteiger partial charge in [0.2, 0.25) is 5.91 Å². The molecule has 3 rings (SSSR count). The second kappa shape index (κ2) is 7.30. The fourth-order valence-corrected chi connectivity index (χ4v) is 3.93. The molecule has 2 aliphatic rings. The van der Waals surface area contributed by atoms with Crippen molar-refractivity contribution >= 4 is 23.5 Å². The largest absolute Gasteiger partial charge is 0.481 e. The number of benzene rings is 1. The van der Waals surface area contributed by atoms with E-state index in [0.29, 0.717) is 38.1 Å². The lowest BCUT2D eigenvalue weighted by atomic mass is 9.85. The summed E-state index contributed by atoms with van der Waals surface area (Å²) in [6.07, 6.45) is 0.531. The summed E-state index contributed by atoms with van der Waals surface area (Å²) in [5, 5.41) is 9.25. The van der Waals surface area contributed by atoms with E-state index < -0.39 is 23.8 Å². The topological polar surface area (TPSA) is 66.8 Å². The Morgan fingerprint density at radius 1 is 1.32 bits per heavy atom. The van der Waals surface area contributed by atoms with Crippen LogP contribution in [0.2, 0.25) is 5.02 Å². The molecule has 0 saturated carbocycles. The fourth-order valence-electron chi connectivity index (χ4n) is 3.81. The van der Waals surface area contributed by atoms with Gasteiger partial charge in [0.25, 0.3) is 0 Å². The Morgan fingerprint density at radius 2 is 2.08 bits per heavy atom. The van der Waals surface area contributed by atoms with Crippen molar-refractivity contribution < 1.29 is 23.8 Å². The molecule has 25 heavy (non-hydrogen) atoms. The molecule has 7 heteroatoms. The Labute approximate surface area is 150 Å². The molecule has 1 aromatic rings. The van der Waals surface area contributed by atoms with Crippen LogP contribution in [0, 0.1) is 23.6 Å². The number of hydrogen-bond acceptors (Lipinski definition) is 3. The molecule has 2 heterocycles. The van der Waals surface area contributed by atoms with Crippen LogP contribution < -0.4 is 0 Å². The van der Waals surface area contributed by atoms with Crippen molar-refractivity contribution in [1.82, 2.24) is 4.90 Å². The molecule has 136 valence electrons. The SMILES string of the molecule is CC1CN(C(=O)[C@@H]2CCO[C@H]2c2ccc(Cl)c(F)c2)CCC1C(=O)O. The highest BCUT2D eigenvalue weighted by Crippen LogP contribution is 2.38. The van der Waals surface area contributed by atoms with Gasteiger partial charge in [0, 0.05) is 19.7 Å². The van der Waals surface area contributed by atoms with Gasteiger partial charge >= 0.3 is 5.97 Å². The molecule has 2 saturated heterocycles. The lowest BCUT2D eigenvalue weighted by molar-refractivity contribution is -0.150. The Morgan fingerprint density at radius 3 is 2.72 bits per heavy atom. The lowest BCUT2D eigenvalue weighted by Crippen LogP contribution is -2.47. The number of carboxylic acid groups (broad SMARTS) is 1. The van der Waals surface area contributed by atoms with Gasteiger partial charge in [-0.05, 0) is 36.5 Å². The van der Waals surface area contributed by atoms with Crippen molar-refractivity contribution in [3.8, 4) is 0 Å². The van der Waals surface area contributed by atoms with E-state index in [9.17, 15) is 19.1 Å². The number of halogens is 2. The summed E-state index contributed by atoms with van der Waals surface area (Å²) in [4.78, 5) is 25.9. The molecule has 2 fully saturated rings. The number of piperidine rings is 1. The molecule has 1 N–H and O–H groups in total. The van der Waals surface area contributed by atoms with Gasteiger partial charge in [-0.3, -0.25) is 9.59 Å². The first-order valence-corrected chi connectivity index (χ1v) is 8.84. The van der Waals surface area contributed by atoms with Crippen LogP contribution in [0.25, 0.3) is 0 Å². The predicted molar refractivity (Wildman–Crippen MR) is 89.7 cm³/mol. The number of amides is 1. The molecular weight excluding hydrogens is 349 g/mol. The molecule has 0 aliphatic carbocycles. The summed E-state index contributed by atoms with van der Waals surface area (Å²) in [7, 11) is 0. The first-order chi connectivity index (χ1) is 11.9. The molecule has 0 radical (unpaired) electrons. The molecule has 0 bridgehead atoms. The molecular formula is C18H21ClFNO4. The first kappa shape index (κ1) is 18.1. The minimum Gasteiger partial charge on any atom is -0.481 e. The van der Waals surface area contributed by atoms with Crippen molar-refractivity contribution in [1.29, 1.82) is 0 Å². The van der Waals surface area contributed by atoms with Crippen LogP contribution in [-0.4, -0.2) is 41.6 Å². The van der Waals surface area contributed by atoms with E-state index in [4.69, 9.17) is 16.3 Å². The van der Waals surface area contributed by atoms with E-state index in [1.54, 1.807) is 11.0 Å². The van der Waals surface area contributed by atoms with Gasteiger partial charge in [-0.2, -0.15) is 0 Å². The van der Waals surface area contributed by atoms with Crippen LogP contribution in [0.5, 0.6) is 0 Å². The summed E-state index contributed by atoms with van der Waals surface area (Å²) < 4.78 is 19.4.